The summed E-state index contributed by atoms with van der Waals surface area (Å²) in [6.07, 6.45) is 3.89. The van der Waals surface area contributed by atoms with Crippen LogP contribution in [0.1, 0.15) is 11.7 Å². The van der Waals surface area contributed by atoms with Crippen LogP contribution in [0.25, 0.3) is 0 Å². The fraction of sp³-hybridized carbons (Fsp3) is 0.118. The Labute approximate surface area is 164 Å². The van der Waals surface area contributed by atoms with Gasteiger partial charge in [-0.15, -0.1) is 0 Å². The molecule has 1 aromatic carbocycles. The van der Waals surface area contributed by atoms with Crippen LogP contribution in [0, 0.1) is 0 Å². The Kier molecular flexibility index (Phi) is 5.98. The van der Waals surface area contributed by atoms with Gasteiger partial charge in [-0.05, 0) is 29.8 Å². The Hall–Kier alpha value is -2.28. The van der Waals surface area contributed by atoms with Crippen LogP contribution in [0.2, 0.25) is 15.3 Å². The van der Waals surface area contributed by atoms with E-state index in [2.05, 4.69) is 15.3 Å². The summed E-state index contributed by atoms with van der Waals surface area (Å²) in [5, 5.41) is 3.53. The molecule has 0 aliphatic carbocycles. The molecule has 3 aromatic rings. The van der Waals surface area contributed by atoms with Crippen LogP contribution in [0.5, 0.6) is 0 Å². The SMILES string of the molecule is O=C(Nc1cc(Cl)nc(Cl)c1)OC(Cn1ccnc1)c1ccc(Cl)cc1. The van der Waals surface area contributed by atoms with Gasteiger partial charge in [-0.25, -0.2) is 14.8 Å². The van der Waals surface area contributed by atoms with Crippen molar-refractivity contribution in [2.45, 2.75) is 12.6 Å². The van der Waals surface area contributed by atoms with Crippen LogP contribution in [-0.2, 0) is 11.3 Å². The van der Waals surface area contributed by atoms with E-state index in [0.29, 0.717) is 17.3 Å². The maximum atomic E-state index is 12.3. The molecular formula is C17H13Cl3N4O2. The number of pyridine rings is 1. The highest BCUT2D eigenvalue weighted by molar-refractivity contribution is 6.33. The molecular weight excluding hydrogens is 399 g/mol. The Balaban J connectivity index is 1.75. The fourth-order valence-corrected chi connectivity index (χ4v) is 2.87. The fourth-order valence-electron chi connectivity index (χ4n) is 2.29. The second-order valence-corrected chi connectivity index (χ2v) is 6.54. The number of carbonyl (C=O) groups excluding carboxylic acids is 1. The number of aromatic nitrogens is 3. The molecule has 26 heavy (non-hydrogen) atoms. The first-order chi connectivity index (χ1) is 12.5. The lowest BCUT2D eigenvalue weighted by atomic mass is 10.1. The van der Waals surface area contributed by atoms with E-state index >= 15 is 0 Å². The average molecular weight is 412 g/mol. The van der Waals surface area contributed by atoms with Crippen molar-refractivity contribution in [1.29, 1.82) is 0 Å². The summed E-state index contributed by atoms with van der Waals surface area (Å²) < 4.78 is 7.40. The van der Waals surface area contributed by atoms with Gasteiger partial charge in [-0.2, -0.15) is 0 Å². The molecule has 0 radical (unpaired) electrons. The number of amides is 1. The number of hydrogen-bond donors (Lipinski definition) is 1. The molecule has 6 nitrogen and oxygen atoms in total. The number of rotatable bonds is 5. The van der Waals surface area contributed by atoms with Gasteiger partial charge in [0, 0.05) is 17.4 Å². The molecule has 1 N–H and O–H groups in total. The van der Waals surface area contributed by atoms with E-state index in [1.807, 2.05) is 4.57 Å². The van der Waals surface area contributed by atoms with Gasteiger partial charge in [0.05, 0.1) is 18.6 Å². The molecule has 0 spiro atoms. The number of nitrogens with one attached hydrogen (secondary N) is 1. The molecule has 134 valence electrons. The maximum Gasteiger partial charge on any atom is 0.412 e. The van der Waals surface area contributed by atoms with Crippen molar-refractivity contribution in [3.63, 3.8) is 0 Å². The Morgan fingerprint density at radius 1 is 1.15 bits per heavy atom. The number of ether oxygens (including phenoxy) is 1. The third-order valence-corrected chi connectivity index (χ3v) is 4.08. The molecule has 0 fully saturated rings. The summed E-state index contributed by atoms with van der Waals surface area (Å²) in [7, 11) is 0. The smallest absolute Gasteiger partial charge is 0.412 e. The minimum absolute atomic E-state index is 0.167. The van der Waals surface area contributed by atoms with Gasteiger partial charge in [-0.3, -0.25) is 5.32 Å². The topological polar surface area (TPSA) is 69.0 Å². The normalized spacial score (nSPS) is 11.8. The number of hydrogen-bond acceptors (Lipinski definition) is 4. The highest BCUT2D eigenvalue weighted by atomic mass is 35.5. The van der Waals surface area contributed by atoms with Gasteiger partial charge >= 0.3 is 6.09 Å². The molecule has 0 saturated carbocycles. The zero-order valence-electron chi connectivity index (χ0n) is 13.3. The summed E-state index contributed by atoms with van der Waals surface area (Å²) in [5.41, 5.74) is 1.18. The molecule has 0 aliphatic heterocycles. The summed E-state index contributed by atoms with van der Waals surface area (Å²) in [5.74, 6) is 0. The van der Waals surface area contributed by atoms with Gasteiger partial charge in [0.25, 0.3) is 0 Å². The van der Waals surface area contributed by atoms with Crippen molar-refractivity contribution in [3.05, 3.63) is 76.0 Å². The van der Waals surface area contributed by atoms with Crippen molar-refractivity contribution >= 4 is 46.6 Å². The van der Waals surface area contributed by atoms with E-state index in [9.17, 15) is 4.79 Å². The van der Waals surface area contributed by atoms with Crippen molar-refractivity contribution in [1.82, 2.24) is 14.5 Å². The summed E-state index contributed by atoms with van der Waals surface area (Å²) in [6.45, 7) is 0.396. The Morgan fingerprint density at radius 3 is 2.46 bits per heavy atom. The lowest BCUT2D eigenvalue weighted by Crippen LogP contribution is -2.20. The highest BCUT2D eigenvalue weighted by Gasteiger charge is 2.18. The predicted octanol–water partition coefficient (Wildman–Crippen LogP) is 5.23. The van der Waals surface area contributed by atoms with Gasteiger partial charge in [0.15, 0.2) is 0 Å². The molecule has 0 bridgehead atoms. The van der Waals surface area contributed by atoms with E-state index in [1.54, 1.807) is 43.0 Å². The maximum absolute atomic E-state index is 12.3. The zero-order valence-corrected chi connectivity index (χ0v) is 15.5. The van der Waals surface area contributed by atoms with Crippen LogP contribution < -0.4 is 5.32 Å². The van der Waals surface area contributed by atoms with Gasteiger partial charge in [0.2, 0.25) is 0 Å². The zero-order chi connectivity index (χ0) is 18.5. The molecule has 1 atom stereocenters. The highest BCUT2D eigenvalue weighted by Crippen LogP contribution is 2.24. The summed E-state index contributed by atoms with van der Waals surface area (Å²) >= 11 is 17.6. The second-order valence-electron chi connectivity index (χ2n) is 5.33. The molecule has 3 rings (SSSR count). The van der Waals surface area contributed by atoms with Crippen LogP contribution in [0.15, 0.2) is 55.1 Å². The first-order valence-electron chi connectivity index (χ1n) is 7.51. The van der Waals surface area contributed by atoms with E-state index in [4.69, 9.17) is 39.5 Å². The Morgan fingerprint density at radius 2 is 1.85 bits per heavy atom. The lowest BCUT2D eigenvalue weighted by molar-refractivity contribution is 0.0998. The lowest BCUT2D eigenvalue weighted by Gasteiger charge is -2.19. The monoisotopic (exact) mass is 410 g/mol. The summed E-state index contributed by atoms with van der Waals surface area (Å²) in [4.78, 5) is 20.1. The van der Waals surface area contributed by atoms with Crippen LogP contribution in [0.3, 0.4) is 0 Å². The van der Waals surface area contributed by atoms with Crippen molar-refractivity contribution < 1.29 is 9.53 Å². The molecule has 2 aromatic heterocycles. The minimum Gasteiger partial charge on any atom is -0.439 e. The van der Waals surface area contributed by atoms with Crippen LogP contribution in [0.4, 0.5) is 10.5 Å². The largest absolute Gasteiger partial charge is 0.439 e. The second kappa shape index (κ2) is 8.40. The number of imidazole rings is 1. The van der Waals surface area contributed by atoms with Gasteiger partial charge in [0.1, 0.15) is 16.4 Å². The third-order valence-electron chi connectivity index (χ3n) is 3.44. The van der Waals surface area contributed by atoms with Crippen molar-refractivity contribution in [2.75, 3.05) is 5.32 Å². The van der Waals surface area contributed by atoms with Gasteiger partial charge < -0.3 is 9.30 Å². The number of benzene rings is 1. The number of anilines is 1. The number of carbonyl (C=O) groups is 1. The van der Waals surface area contributed by atoms with E-state index < -0.39 is 12.2 Å². The predicted molar refractivity (Wildman–Crippen MR) is 101 cm³/mol. The molecule has 9 heteroatoms. The molecule has 1 unspecified atom stereocenters. The van der Waals surface area contributed by atoms with E-state index in [1.165, 1.54) is 12.1 Å². The van der Waals surface area contributed by atoms with Crippen LogP contribution in [-0.4, -0.2) is 20.6 Å². The first-order valence-corrected chi connectivity index (χ1v) is 8.65. The van der Waals surface area contributed by atoms with E-state index in [0.717, 1.165) is 5.56 Å². The average Bonchev–Trinajstić information content (AvgIpc) is 3.07. The van der Waals surface area contributed by atoms with Gasteiger partial charge in [-0.1, -0.05) is 46.9 Å². The molecule has 0 saturated heterocycles. The molecule has 2 heterocycles. The quantitative estimate of drug-likeness (QED) is 0.584. The third kappa shape index (κ3) is 5.11. The van der Waals surface area contributed by atoms with Crippen molar-refractivity contribution in [2.24, 2.45) is 0 Å². The van der Waals surface area contributed by atoms with Crippen molar-refractivity contribution in [3.8, 4) is 0 Å². The standard InChI is InChI=1S/C17H13Cl3N4O2/c18-12-3-1-11(2-4-12)14(9-24-6-5-21-10-24)26-17(25)22-13-7-15(19)23-16(20)8-13/h1-8,10,14H,9H2,(H,22,23,25). The number of nitrogens with zero attached hydrogens (tertiary/aromatic N) is 3. The number of halogens is 3. The Bertz CT molecular complexity index is 865. The molecule has 0 aliphatic rings. The minimum atomic E-state index is -0.650. The first kappa shape index (κ1) is 18.5. The van der Waals surface area contributed by atoms with E-state index in [-0.39, 0.29) is 10.3 Å². The molecule has 1 amide bonds. The van der Waals surface area contributed by atoms with Crippen LogP contribution >= 0.6 is 34.8 Å². The summed E-state index contributed by atoms with van der Waals surface area (Å²) in [6, 6.07) is 10.0.